The quantitative estimate of drug-likeness (QED) is 0.172. The van der Waals surface area contributed by atoms with Crippen LogP contribution < -0.4 is 15.0 Å². The van der Waals surface area contributed by atoms with E-state index >= 15 is 0 Å². The molecule has 1 spiro atoms. The van der Waals surface area contributed by atoms with Crippen LogP contribution in [0.25, 0.3) is 0 Å². The lowest BCUT2D eigenvalue weighted by molar-refractivity contribution is -0.274. The van der Waals surface area contributed by atoms with E-state index in [0.29, 0.717) is 35.5 Å². The number of ether oxygens (including phenoxy) is 3. The van der Waals surface area contributed by atoms with Gasteiger partial charge in [-0.05, 0) is 61.8 Å². The van der Waals surface area contributed by atoms with E-state index in [-0.39, 0.29) is 43.1 Å². The summed E-state index contributed by atoms with van der Waals surface area (Å²) in [6.45, 7) is 5.87. The number of benzene rings is 2. The van der Waals surface area contributed by atoms with Crippen LogP contribution in [0.4, 0.5) is 11.4 Å². The Balaban J connectivity index is 1.29. The monoisotopic (exact) mass is 729 g/mol. The van der Waals surface area contributed by atoms with Crippen molar-refractivity contribution < 1.29 is 58.9 Å². The lowest BCUT2D eigenvalue weighted by Crippen LogP contribution is -2.60. The second-order valence-corrected chi connectivity index (χ2v) is 18.5. The van der Waals surface area contributed by atoms with Gasteiger partial charge in [0.1, 0.15) is 24.1 Å². The van der Waals surface area contributed by atoms with Crippen LogP contribution in [0.1, 0.15) is 37.3 Å². The maximum atomic E-state index is 14.8. The Kier molecular flexibility index (Phi) is 10.4. The van der Waals surface area contributed by atoms with Crippen LogP contribution >= 0.6 is 0 Å². The lowest BCUT2D eigenvalue weighted by Gasteiger charge is -2.37. The molecule has 2 aromatic carbocycles. The van der Waals surface area contributed by atoms with E-state index in [9.17, 15) is 44.7 Å². The highest BCUT2D eigenvalue weighted by Gasteiger charge is 2.66. The van der Waals surface area contributed by atoms with Crippen LogP contribution in [0.3, 0.4) is 0 Å². The van der Waals surface area contributed by atoms with Gasteiger partial charge in [-0.25, -0.2) is 0 Å². The molecule has 4 aliphatic rings. The van der Waals surface area contributed by atoms with Gasteiger partial charge >= 0.3 is 0 Å². The standard InChI is InChI=1S/C35H47N3O12Si/c1-18-31(51(3,4)47)25(15-26(40)37-12-6-9-21(37)17-39)50-35(18)23-14-22(48-2)10-11-24(23)38(34(35)46)16-19-7-5-8-20(13-19)36-32(44)30-28(42)27(41)29(43)33(45)49-30/h5,7-8,10-11,13-14,18,21,25,27-31,33,39,41-43,45,47H,6,9,12,15-17H2,1-4H3,(H,36,44)/t18-,21-,25+,27-,28-,29+,30-,31-,33+,35+/m0/s1. The second-order valence-electron chi connectivity index (χ2n) is 14.5. The molecule has 3 fully saturated rings. The number of carbonyl (C=O) groups excluding carboxylic acids is 3. The molecule has 15 nitrogen and oxygen atoms in total. The number of aliphatic hydroxyl groups excluding tert-OH is 5. The zero-order valence-electron chi connectivity index (χ0n) is 29.0. The van der Waals surface area contributed by atoms with E-state index in [0.717, 1.165) is 6.42 Å². The molecule has 3 amide bonds. The SMILES string of the molecule is COc1ccc2c(c1)[C@@]1(O[C@H](CC(=O)N3CCC[C@H]3CO)[C@@H]([Si](C)(C)O)[C@@H]1C)C(=O)N2Cc1cccc(NC(=O)[C@H]2O[C@@H](O)[C@H](O)[C@@H](O)[C@@H]2O)c1. The molecule has 51 heavy (non-hydrogen) atoms. The zero-order valence-corrected chi connectivity index (χ0v) is 30.0. The third-order valence-electron chi connectivity index (χ3n) is 10.9. The van der Waals surface area contributed by atoms with Gasteiger partial charge in [-0.1, -0.05) is 19.1 Å². The molecule has 10 atom stereocenters. The van der Waals surface area contributed by atoms with Crippen LogP contribution in [-0.2, 0) is 36.0 Å². The molecule has 2 aromatic rings. The third kappa shape index (κ3) is 6.57. The first-order valence-electron chi connectivity index (χ1n) is 17.2. The van der Waals surface area contributed by atoms with E-state index in [1.165, 1.54) is 7.11 Å². The normalized spacial score (nSPS) is 33.5. The topological polar surface area (TPSA) is 219 Å². The summed E-state index contributed by atoms with van der Waals surface area (Å²) in [5, 5.41) is 52.4. The van der Waals surface area contributed by atoms with Crippen LogP contribution in [0.15, 0.2) is 42.5 Å². The minimum Gasteiger partial charge on any atom is -0.497 e. The van der Waals surface area contributed by atoms with E-state index in [1.54, 1.807) is 65.4 Å². The number of likely N-dealkylation sites (tertiary alicyclic amines) is 1. The molecule has 0 aromatic heterocycles. The fourth-order valence-electron chi connectivity index (χ4n) is 8.41. The highest BCUT2D eigenvalue weighted by molar-refractivity contribution is 6.71. The second kappa shape index (κ2) is 14.2. The number of hydrogen-bond acceptors (Lipinski definition) is 12. The van der Waals surface area contributed by atoms with Crippen molar-refractivity contribution >= 4 is 37.4 Å². The molecule has 3 saturated heterocycles. The number of aliphatic hydroxyl groups is 5. The lowest BCUT2D eigenvalue weighted by atomic mass is 9.82. The number of rotatable bonds is 9. The van der Waals surface area contributed by atoms with Crippen molar-refractivity contribution in [1.29, 1.82) is 0 Å². The molecule has 6 rings (SSSR count). The van der Waals surface area contributed by atoms with E-state index in [4.69, 9.17) is 14.2 Å². The summed E-state index contributed by atoms with van der Waals surface area (Å²) >= 11 is 0. The molecule has 0 radical (unpaired) electrons. The fourth-order valence-corrected chi connectivity index (χ4v) is 11.0. The summed E-state index contributed by atoms with van der Waals surface area (Å²) in [6, 6.07) is 11.6. The minimum atomic E-state index is -3.06. The average molecular weight is 730 g/mol. The first-order valence-corrected chi connectivity index (χ1v) is 20.2. The van der Waals surface area contributed by atoms with Gasteiger partial charge in [0.15, 0.2) is 26.3 Å². The number of methoxy groups -OCH3 is 1. The Labute approximate surface area is 296 Å². The van der Waals surface area contributed by atoms with Gasteiger partial charge in [-0.2, -0.15) is 0 Å². The molecule has 4 aliphatic heterocycles. The molecule has 0 aliphatic carbocycles. The molecule has 0 bridgehead atoms. The zero-order chi connectivity index (χ0) is 37.0. The first-order chi connectivity index (χ1) is 24.1. The fraction of sp³-hybridized carbons (Fsp3) is 0.571. The maximum absolute atomic E-state index is 14.8. The molecule has 4 heterocycles. The highest BCUT2D eigenvalue weighted by atomic mass is 28.4. The van der Waals surface area contributed by atoms with E-state index in [1.807, 2.05) is 6.92 Å². The van der Waals surface area contributed by atoms with Gasteiger partial charge in [0, 0.05) is 29.3 Å². The van der Waals surface area contributed by atoms with Crippen molar-refractivity contribution in [2.75, 3.05) is 30.5 Å². The number of fused-ring (bicyclic) bond motifs is 2. The van der Waals surface area contributed by atoms with Crippen molar-refractivity contribution in [1.82, 2.24) is 4.90 Å². The summed E-state index contributed by atoms with van der Waals surface area (Å²) in [5.74, 6) is -1.47. The highest BCUT2D eigenvalue weighted by Crippen LogP contribution is 2.60. The maximum Gasteiger partial charge on any atom is 0.264 e. The molecule has 0 unspecified atom stereocenters. The van der Waals surface area contributed by atoms with E-state index < -0.39 is 68.1 Å². The largest absolute Gasteiger partial charge is 0.497 e. The number of anilines is 2. The smallest absolute Gasteiger partial charge is 0.264 e. The summed E-state index contributed by atoms with van der Waals surface area (Å²) in [5.41, 5.74) is -0.0333. The Morgan fingerprint density at radius 2 is 1.82 bits per heavy atom. The van der Waals surface area contributed by atoms with Gasteiger partial charge in [-0.15, -0.1) is 0 Å². The van der Waals surface area contributed by atoms with Crippen LogP contribution in [0, 0.1) is 5.92 Å². The van der Waals surface area contributed by atoms with Crippen LogP contribution in [0.2, 0.25) is 18.6 Å². The van der Waals surface area contributed by atoms with Gasteiger partial charge in [-0.3, -0.25) is 14.4 Å². The predicted molar refractivity (Wildman–Crippen MR) is 184 cm³/mol. The predicted octanol–water partition coefficient (Wildman–Crippen LogP) is 0.152. The Bertz CT molecular complexity index is 1660. The summed E-state index contributed by atoms with van der Waals surface area (Å²) in [4.78, 5) is 56.3. The Hall–Kier alpha value is -3.45. The third-order valence-corrected chi connectivity index (χ3v) is 13.4. The van der Waals surface area contributed by atoms with Crippen LogP contribution in [-0.4, -0.2) is 124 Å². The van der Waals surface area contributed by atoms with Gasteiger partial charge < -0.3 is 59.7 Å². The molecule has 0 saturated carbocycles. The van der Waals surface area contributed by atoms with Gasteiger partial charge in [0.05, 0.1) is 44.5 Å². The number of nitrogens with one attached hydrogen (secondary N) is 1. The molecule has 278 valence electrons. The van der Waals surface area contributed by atoms with E-state index in [2.05, 4.69) is 5.32 Å². The Morgan fingerprint density at radius 1 is 1.08 bits per heavy atom. The summed E-state index contributed by atoms with van der Waals surface area (Å²) < 4.78 is 17.4. The van der Waals surface area contributed by atoms with Crippen molar-refractivity contribution in [3.05, 3.63) is 53.6 Å². The minimum absolute atomic E-state index is 0.0477. The number of carbonyl (C=O) groups is 3. The number of hydrogen-bond donors (Lipinski definition) is 7. The Morgan fingerprint density at radius 3 is 2.51 bits per heavy atom. The molecular formula is C35H47N3O12Si. The molecule has 7 N–H and O–H groups in total. The first kappa shape index (κ1) is 37.3. The summed E-state index contributed by atoms with van der Waals surface area (Å²) in [7, 11) is -1.54. The van der Waals surface area contributed by atoms with Crippen molar-refractivity contribution in [3.8, 4) is 5.75 Å². The van der Waals surface area contributed by atoms with Gasteiger partial charge in [0.2, 0.25) is 5.91 Å². The summed E-state index contributed by atoms with van der Waals surface area (Å²) in [6.07, 6.45) is -8.28. The van der Waals surface area contributed by atoms with Crippen molar-refractivity contribution in [2.45, 2.75) is 99.8 Å². The van der Waals surface area contributed by atoms with Gasteiger partial charge in [0.25, 0.3) is 11.8 Å². The van der Waals surface area contributed by atoms with Crippen molar-refractivity contribution in [2.24, 2.45) is 5.92 Å². The average Bonchev–Trinajstić information content (AvgIpc) is 3.75. The molecule has 16 heteroatoms. The number of amides is 3. The van der Waals surface area contributed by atoms with Crippen LogP contribution in [0.5, 0.6) is 5.75 Å². The number of nitrogens with zero attached hydrogens (tertiary/aromatic N) is 2. The molecular weight excluding hydrogens is 682 g/mol. The van der Waals surface area contributed by atoms with Crippen molar-refractivity contribution in [3.63, 3.8) is 0 Å².